The molecule has 0 atom stereocenters. The third-order valence-electron chi connectivity index (χ3n) is 3.58. The van der Waals surface area contributed by atoms with Gasteiger partial charge in [-0.25, -0.2) is 13.6 Å². The van der Waals surface area contributed by atoms with Crippen molar-refractivity contribution in [3.63, 3.8) is 0 Å². The van der Waals surface area contributed by atoms with E-state index in [1.54, 1.807) is 6.92 Å². The predicted molar refractivity (Wildman–Crippen MR) is 77.3 cm³/mol. The van der Waals surface area contributed by atoms with E-state index >= 15 is 0 Å². The van der Waals surface area contributed by atoms with Crippen LogP contribution in [0.1, 0.15) is 41.6 Å². The van der Waals surface area contributed by atoms with Crippen LogP contribution in [0.25, 0.3) is 0 Å². The van der Waals surface area contributed by atoms with Crippen molar-refractivity contribution >= 4 is 27.5 Å². The van der Waals surface area contributed by atoms with Gasteiger partial charge in [-0.3, -0.25) is 4.79 Å². The number of hydrogen-bond acceptors (Lipinski definition) is 3. The van der Waals surface area contributed by atoms with Crippen molar-refractivity contribution in [1.29, 1.82) is 0 Å². The fourth-order valence-corrected chi connectivity index (χ4v) is 3.24. The number of amides is 1. The van der Waals surface area contributed by atoms with Crippen LogP contribution in [0.2, 0.25) is 5.02 Å². The summed E-state index contributed by atoms with van der Waals surface area (Å²) in [5.41, 5.74) is 0.808. The quantitative estimate of drug-likeness (QED) is 0.893. The fourth-order valence-electron chi connectivity index (χ4n) is 2.39. The Morgan fingerprint density at radius 3 is 2.50 bits per heavy atom. The molecule has 1 saturated carbocycles. The molecule has 0 saturated heterocycles. The molecule has 5 nitrogen and oxygen atoms in total. The highest BCUT2D eigenvalue weighted by molar-refractivity contribution is 7.89. The van der Waals surface area contributed by atoms with Crippen LogP contribution in [0, 0.1) is 6.92 Å². The molecular weight excluding hydrogens is 300 g/mol. The van der Waals surface area contributed by atoms with Gasteiger partial charge in [0, 0.05) is 16.6 Å². The van der Waals surface area contributed by atoms with Crippen molar-refractivity contribution in [3.8, 4) is 0 Å². The zero-order valence-corrected chi connectivity index (χ0v) is 12.7. The van der Waals surface area contributed by atoms with Crippen molar-refractivity contribution < 1.29 is 13.2 Å². The molecule has 1 fully saturated rings. The summed E-state index contributed by atoms with van der Waals surface area (Å²) in [6.45, 7) is 1.68. The standard InChI is InChI=1S/C13H17ClN2O3S/c1-8-11(13(17)16-9-4-2-3-5-9)6-10(7-12(8)14)20(15,18)19/h6-7,9H,2-5H2,1H3,(H,16,17)(H2,15,18,19). The normalized spacial score (nSPS) is 16.4. The van der Waals surface area contributed by atoms with Crippen LogP contribution in [0.4, 0.5) is 0 Å². The van der Waals surface area contributed by atoms with Gasteiger partial charge >= 0.3 is 0 Å². The highest BCUT2D eigenvalue weighted by atomic mass is 35.5. The highest BCUT2D eigenvalue weighted by Crippen LogP contribution is 2.25. The molecule has 1 aliphatic carbocycles. The van der Waals surface area contributed by atoms with Crippen LogP contribution in [0.5, 0.6) is 0 Å². The van der Waals surface area contributed by atoms with E-state index in [-0.39, 0.29) is 27.4 Å². The molecule has 0 spiro atoms. The van der Waals surface area contributed by atoms with Crippen molar-refractivity contribution in [2.24, 2.45) is 5.14 Å². The molecule has 1 aliphatic rings. The number of benzene rings is 1. The lowest BCUT2D eigenvalue weighted by atomic mass is 10.1. The SMILES string of the molecule is Cc1c(Cl)cc(S(N)(=O)=O)cc1C(=O)NC1CCCC1. The third kappa shape index (κ3) is 3.31. The number of nitrogens with one attached hydrogen (secondary N) is 1. The molecule has 1 amide bonds. The molecule has 0 heterocycles. The van der Waals surface area contributed by atoms with Crippen LogP contribution in [0.15, 0.2) is 17.0 Å². The number of hydrogen-bond donors (Lipinski definition) is 2. The van der Waals surface area contributed by atoms with Crippen LogP contribution >= 0.6 is 11.6 Å². The van der Waals surface area contributed by atoms with E-state index in [0.29, 0.717) is 5.56 Å². The second-order valence-corrected chi connectivity index (χ2v) is 7.05. The number of nitrogens with two attached hydrogens (primary N) is 1. The zero-order valence-electron chi connectivity index (χ0n) is 11.1. The average molecular weight is 317 g/mol. The minimum atomic E-state index is -3.89. The van der Waals surface area contributed by atoms with Crippen LogP contribution < -0.4 is 10.5 Å². The van der Waals surface area contributed by atoms with Gasteiger partial charge in [-0.05, 0) is 37.5 Å². The van der Waals surface area contributed by atoms with Crippen molar-refractivity contribution in [2.45, 2.75) is 43.5 Å². The van der Waals surface area contributed by atoms with Gasteiger partial charge in [0.2, 0.25) is 10.0 Å². The van der Waals surface area contributed by atoms with Crippen molar-refractivity contribution in [1.82, 2.24) is 5.32 Å². The Labute approximate surface area is 123 Å². The summed E-state index contributed by atoms with van der Waals surface area (Å²) in [6.07, 6.45) is 4.10. The molecule has 0 aromatic heterocycles. The predicted octanol–water partition coefficient (Wildman–Crippen LogP) is 1.97. The van der Waals surface area contributed by atoms with E-state index in [0.717, 1.165) is 25.7 Å². The molecule has 0 bridgehead atoms. The van der Waals surface area contributed by atoms with E-state index in [1.165, 1.54) is 12.1 Å². The number of primary sulfonamides is 1. The lowest BCUT2D eigenvalue weighted by Crippen LogP contribution is -2.33. The zero-order chi connectivity index (χ0) is 14.9. The van der Waals surface area contributed by atoms with Gasteiger partial charge < -0.3 is 5.32 Å². The second-order valence-electron chi connectivity index (χ2n) is 5.08. The molecule has 110 valence electrons. The topological polar surface area (TPSA) is 89.3 Å². The second kappa shape index (κ2) is 5.71. The Bertz CT molecular complexity index is 637. The summed E-state index contributed by atoms with van der Waals surface area (Å²) in [7, 11) is -3.89. The monoisotopic (exact) mass is 316 g/mol. The van der Waals surface area contributed by atoms with Gasteiger partial charge in [-0.15, -0.1) is 0 Å². The van der Waals surface area contributed by atoms with Gasteiger partial charge in [0.1, 0.15) is 0 Å². The average Bonchev–Trinajstić information content (AvgIpc) is 2.83. The number of carbonyl (C=O) groups excluding carboxylic acids is 1. The van der Waals surface area contributed by atoms with E-state index in [4.69, 9.17) is 16.7 Å². The first-order valence-corrected chi connectivity index (χ1v) is 8.35. The summed E-state index contributed by atoms with van der Waals surface area (Å²) in [6, 6.07) is 2.69. The molecule has 7 heteroatoms. The van der Waals surface area contributed by atoms with Crippen LogP contribution in [-0.4, -0.2) is 20.4 Å². The van der Waals surface area contributed by atoms with Gasteiger partial charge in [-0.2, -0.15) is 0 Å². The van der Waals surface area contributed by atoms with Crippen molar-refractivity contribution in [3.05, 3.63) is 28.3 Å². The molecule has 2 rings (SSSR count). The Morgan fingerprint density at radius 1 is 1.35 bits per heavy atom. The number of sulfonamides is 1. The molecule has 20 heavy (non-hydrogen) atoms. The Kier molecular flexibility index (Phi) is 4.36. The number of rotatable bonds is 3. The van der Waals surface area contributed by atoms with Crippen molar-refractivity contribution in [2.75, 3.05) is 0 Å². The maximum absolute atomic E-state index is 12.2. The molecule has 3 N–H and O–H groups in total. The number of carbonyl (C=O) groups is 1. The van der Waals surface area contributed by atoms with E-state index in [2.05, 4.69) is 5.32 Å². The van der Waals surface area contributed by atoms with Gasteiger partial charge in [0.15, 0.2) is 0 Å². The fraction of sp³-hybridized carbons (Fsp3) is 0.462. The van der Waals surface area contributed by atoms with E-state index < -0.39 is 10.0 Å². The summed E-state index contributed by atoms with van der Waals surface area (Å²) >= 11 is 5.99. The third-order valence-corrected chi connectivity index (χ3v) is 4.87. The molecule has 0 aliphatic heterocycles. The summed E-state index contributed by atoms with van der Waals surface area (Å²) < 4.78 is 22.8. The summed E-state index contributed by atoms with van der Waals surface area (Å²) in [5.74, 6) is -0.304. The lowest BCUT2D eigenvalue weighted by molar-refractivity contribution is 0.0937. The minimum Gasteiger partial charge on any atom is -0.349 e. The molecule has 0 unspecified atom stereocenters. The van der Waals surface area contributed by atoms with Crippen LogP contribution in [-0.2, 0) is 10.0 Å². The number of halogens is 1. The van der Waals surface area contributed by atoms with E-state index in [1.807, 2.05) is 0 Å². The molecular formula is C13H17ClN2O3S. The molecule has 0 radical (unpaired) electrons. The largest absolute Gasteiger partial charge is 0.349 e. The lowest BCUT2D eigenvalue weighted by Gasteiger charge is -2.14. The first-order valence-electron chi connectivity index (χ1n) is 6.43. The maximum atomic E-state index is 12.2. The first kappa shape index (κ1) is 15.3. The first-order chi connectivity index (χ1) is 9.29. The summed E-state index contributed by atoms with van der Waals surface area (Å²) in [4.78, 5) is 12.1. The Morgan fingerprint density at radius 2 is 1.95 bits per heavy atom. The van der Waals surface area contributed by atoms with E-state index in [9.17, 15) is 13.2 Å². The summed E-state index contributed by atoms with van der Waals surface area (Å²) in [5, 5.41) is 8.21. The molecule has 1 aromatic carbocycles. The highest BCUT2D eigenvalue weighted by Gasteiger charge is 2.21. The Hall–Kier alpha value is -1.11. The molecule has 1 aromatic rings. The van der Waals surface area contributed by atoms with Gasteiger partial charge in [0.05, 0.1) is 4.90 Å². The Balaban J connectivity index is 2.34. The minimum absolute atomic E-state index is 0.148. The van der Waals surface area contributed by atoms with Crippen LogP contribution in [0.3, 0.4) is 0 Å². The van der Waals surface area contributed by atoms with Gasteiger partial charge in [-0.1, -0.05) is 24.4 Å². The maximum Gasteiger partial charge on any atom is 0.251 e. The van der Waals surface area contributed by atoms with Gasteiger partial charge in [0.25, 0.3) is 5.91 Å². The smallest absolute Gasteiger partial charge is 0.251 e.